The fraction of sp³-hybridized carbons (Fsp3) is 0.455. The lowest BCUT2D eigenvalue weighted by Gasteiger charge is -2.10. The van der Waals surface area contributed by atoms with Gasteiger partial charge in [-0.05, 0) is 0 Å². The number of carboxylic acid groups (broad SMARTS) is 1. The van der Waals surface area contributed by atoms with Gasteiger partial charge in [0, 0.05) is 12.5 Å². The quantitative estimate of drug-likeness (QED) is 0.651. The number of nitrogens with two attached hydrogens (primary N) is 1. The van der Waals surface area contributed by atoms with Gasteiger partial charge < -0.3 is 20.9 Å². The normalized spacial score (nSPS) is 10.3. The third kappa shape index (κ3) is 4.41. The summed E-state index contributed by atoms with van der Waals surface area (Å²) in [5.41, 5.74) is 4.95. The zero-order chi connectivity index (χ0) is 14.4. The van der Waals surface area contributed by atoms with Crippen LogP contribution in [0.5, 0.6) is 0 Å². The molecule has 1 aromatic rings. The number of carbonyl (C=O) groups is 2. The lowest BCUT2D eigenvalue weighted by Crippen LogP contribution is -2.20. The van der Waals surface area contributed by atoms with Gasteiger partial charge in [-0.3, -0.25) is 0 Å². The number of hydrogen-bond acceptors (Lipinski definition) is 6. The summed E-state index contributed by atoms with van der Waals surface area (Å²) in [6.45, 7) is 3.98. The van der Waals surface area contributed by atoms with Crippen molar-refractivity contribution in [3.63, 3.8) is 0 Å². The number of aromatic nitrogens is 2. The molecule has 0 aliphatic carbocycles. The molecule has 0 saturated heterocycles. The lowest BCUT2D eigenvalue weighted by atomic mass is 10.2. The number of amides is 1. The van der Waals surface area contributed by atoms with E-state index in [2.05, 4.69) is 20.0 Å². The Labute approximate surface area is 110 Å². The molecule has 0 bridgehead atoms. The van der Waals surface area contributed by atoms with E-state index < -0.39 is 12.1 Å². The average molecular weight is 268 g/mol. The van der Waals surface area contributed by atoms with Crippen molar-refractivity contribution in [1.82, 2.24) is 9.97 Å². The van der Waals surface area contributed by atoms with Crippen LogP contribution >= 0.6 is 0 Å². The monoisotopic (exact) mass is 268 g/mol. The highest BCUT2D eigenvalue weighted by Crippen LogP contribution is 2.16. The van der Waals surface area contributed by atoms with Gasteiger partial charge in [-0.1, -0.05) is 13.8 Å². The summed E-state index contributed by atoms with van der Waals surface area (Å²) in [5, 5.41) is 11.9. The van der Waals surface area contributed by atoms with E-state index in [-0.39, 0.29) is 30.5 Å². The van der Waals surface area contributed by atoms with Gasteiger partial charge in [0.05, 0.1) is 11.9 Å². The number of nitrogens with zero attached hydrogens (tertiary/aromatic N) is 2. The molecule has 1 aromatic heterocycles. The van der Waals surface area contributed by atoms with Crippen LogP contribution in [-0.2, 0) is 4.74 Å². The molecule has 8 nitrogen and oxygen atoms in total. The largest absolute Gasteiger partial charge is 0.476 e. The van der Waals surface area contributed by atoms with Crippen molar-refractivity contribution in [2.75, 3.05) is 18.5 Å². The van der Waals surface area contributed by atoms with Crippen LogP contribution in [0.3, 0.4) is 0 Å². The van der Waals surface area contributed by atoms with Crippen molar-refractivity contribution < 1.29 is 19.4 Å². The summed E-state index contributed by atoms with van der Waals surface area (Å²) in [6, 6.07) is 0. The van der Waals surface area contributed by atoms with E-state index in [0.29, 0.717) is 5.82 Å². The van der Waals surface area contributed by atoms with Crippen LogP contribution in [0.15, 0.2) is 6.20 Å². The zero-order valence-electron chi connectivity index (χ0n) is 10.7. The molecule has 0 aliphatic heterocycles. The van der Waals surface area contributed by atoms with E-state index in [1.807, 2.05) is 13.8 Å². The highest BCUT2D eigenvalue weighted by atomic mass is 16.5. The molecule has 1 heterocycles. The van der Waals surface area contributed by atoms with Crippen LogP contribution in [0.2, 0.25) is 0 Å². The van der Waals surface area contributed by atoms with Crippen molar-refractivity contribution in [2.24, 2.45) is 5.73 Å². The molecule has 1 rings (SSSR count). The molecule has 0 atom stereocenters. The molecule has 8 heteroatoms. The van der Waals surface area contributed by atoms with Gasteiger partial charge in [-0.15, -0.1) is 0 Å². The Kier molecular flexibility index (Phi) is 5.04. The Balaban J connectivity index is 2.77. The minimum atomic E-state index is -1.15. The maximum Gasteiger partial charge on any atom is 0.404 e. The zero-order valence-corrected chi connectivity index (χ0v) is 10.7. The molecule has 0 saturated carbocycles. The van der Waals surface area contributed by atoms with Crippen LogP contribution < -0.4 is 11.1 Å². The maximum absolute atomic E-state index is 11.1. The Bertz CT molecular complexity index is 476. The SMILES string of the molecule is CC(C)c1ncc(NCCOC(N)=O)c(C(=O)O)n1. The van der Waals surface area contributed by atoms with Crippen LogP contribution in [-0.4, -0.2) is 40.3 Å². The Morgan fingerprint density at radius 1 is 1.53 bits per heavy atom. The number of ether oxygens (including phenoxy) is 1. The second kappa shape index (κ2) is 6.53. The van der Waals surface area contributed by atoms with Gasteiger partial charge >= 0.3 is 12.1 Å². The van der Waals surface area contributed by atoms with Crippen LogP contribution in [0.4, 0.5) is 10.5 Å². The fourth-order valence-electron chi connectivity index (χ4n) is 1.30. The summed E-state index contributed by atoms with van der Waals surface area (Å²) in [5.74, 6) is -0.663. The second-order valence-electron chi connectivity index (χ2n) is 4.04. The van der Waals surface area contributed by atoms with Crippen molar-refractivity contribution >= 4 is 17.7 Å². The van der Waals surface area contributed by atoms with Crippen LogP contribution in [0.25, 0.3) is 0 Å². The first kappa shape index (κ1) is 14.7. The van der Waals surface area contributed by atoms with Crippen molar-refractivity contribution in [3.8, 4) is 0 Å². The first-order chi connectivity index (χ1) is 8.91. The average Bonchev–Trinajstić information content (AvgIpc) is 2.34. The second-order valence-corrected chi connectivity index (χ2v) is 4.04. The minimum Gasteiger partial charge on any atom is -0.476 e. The highest BCUT2D eigenvalue weighted by Gasteiger charge is 2.15. The Morgan fingerprint density at radius 2 is 2.21 bits per heavy atom. The third-order valence-corrected chi connectivity index (χ3v) is 2.19. The summed E-state index contributed by atoms with van der Waals surface area (Å²) in [7, 11) is 0. The molecular formula is C11H16N4O4. The molecule has 4 N–H and O–H groups in total. The molecule has 0 aromatic carbocycles. The number of rotatable bonds is 6. The predicted molar refractivity (Wildman–Crippen MR) is 67.1 cm³/mol. The number of aromatic carboxylic acids is 1. The van der Waals surface area contributed by atoms with Crippen LogP contribution in [0.1, 0.15) is 36.1 Å². The van der Waals surface area contributed by atoms with E-state index in [9.17, 15) is 9.59 Å². The van der Waals surface area contributed by atoms with Crippen molar-refractivity contribution in [1.29, 1.82) is 0 Å². The highest BCUT2D eigenvalue weighted by molar-refractivity contribution is 5.91. The molecule has 0 unspecified atom stereocenters. The van der Waals surface area contributed by atoms with Crippen molar-refractivity contribution in [2.45, 2.75) is 19.8 Å². The molecule has 0 aliphatic rings. The summed E-state index contributed by atoms with van der Waals surface area (Å²) < 4.78 is 4.51. The Hall–Kier alpha value is -2.38. The van der Waals surface area contributed by atoms with E-state index in [1.165, 1.54) is 6.20 Å². The molecule has 0 radical (unpaired) electrons. The van der Waals surface area contributed by atoms with E-state index in [0.717, 1.165) is 0 Å². The fourth-order valence-corrected chi connectivity index (χ4v) is 1.30. The number of anilines is 1. The number of primary amides is 1. The standard InChI is InChI=1S/C11H16N4O4/c1-6(2)9-14-5-7(8(15-9)10(16)17)13-3-4-19-11(12)18/h5-6,13H,3-4H2,1-2H3,(H2,12,18)(H,16,17). The molecule has 1 amide bonds. The molecule has 0 spiro atoms. The smallest absolute Gasteiger partial charge is 0.404 e. The third-order valence-electron chi connectivity index (χ3n) is 2.19. The van der Waals surface area contributed by atoms with E-state index >= 15 is 0 Å². The number of nitrogens with one attached hydrogen (secondary N) is 1. The van der Waals surface area contributed by atoms with Crippen molar-refractivity contribution in [3.05, 3.63) is 17.7 Å². The van der Waals surface area contributed by atoms with Gasteiger partial charge in [-0.25, -0.2) is 19.6 Å². The number of carboxylic acids is 1. The predicted octanol–water partition coefficient (Wildman–Crippen LogP) is 0.805. The van der Waals surface area contributed by atoms with E-state index in [4.69, 9.17) is 10.8 Å². The minimum absolute atomic E-state index is 0.0281. The topological polar surface area (TPSA) is 127 Å². The molecular weight excluding hydrogens is 252 g/mol. The summed E-state index contributed by atoms with van der Waals surface area (Å²) in [6.07, 6.45) is 0.516. The summed E-state index contributed by atoms with van der Waals surface area (Å²) in [4.78, 5) is 29.5. The molecule has 19 heavy (non-hydrogen) atoms. The number of hydrogen-bond donors (Lipinski definition) is 3. The number of carbonyl (C=O) groups excluding carboxylic acids is 1. The Morgan fingerprint density at radius 3 is 2.74 bits per heavy atom. The van der Waals surface area contributed by atoms with Gasteiger partial charge in [-0.2, -0.15) is 0 Å². The van der Waals surface area contributed by atoms with Gasteiger partial charge in [0.1, 0.15) is 12.4 Å². The molecule has 104 valence electrons. The first-order valence-corrected chi connectivity index (χ1v) is 5.68. The summed E-state index contributed by atoms with van der Waals surface area (Å²) >= 11 is 0. The van der Waals surface area contributed by atoms with Gasteiger partial charge in [0.15, 0.2) is 5.69 Å². The van der Waals surface area contributed by atoms with E-state index in [1.54, 1.807) is 0 Å². The molecule has 0 fully saturated rings. The lowest BCUT2D eigenvalue weighted by molar-refractivity contribution is 0.0690. The van der Waals surface area contributed by atoms with Gasteiger partial charge in [0.2, 0.25) is 0 Å². The van der Waals surface area contributed by atoms with Gasteiger partial charge in [0.25, 0.3) is 0 Å². The maximum atomic E-state index is 11.1. The van der Waals surface area contributed by atoms with Crippen LogP contribution in [0, 0.1) is 0 Å². The first-order valence-electron chi connectivity index (χ1n) is 5.68.